The summed E-state index contributed by atoms with van der Waals surface area (Å²) in [6.45, 7) is 6.58. The number of likely N-dealkylation sites (tertiary alicyclic amines) is 1. The number of hydrogen-bond donors (Lipinski definition) is 0. The molecule has 0 bridgehead atoms. The molecule has 2 aromatic heterocycles. The summed E-state index contributed by atoms with van der Waals surface area (Å²) in [4.78, 5) is 21.9. The minimum absolute atomic E-state index is 0.121. The second-order valence-electron chi connectivity index (χ2n) is 14.8. The number of aryl methyl sites for hydroxylation is 1. The van der Waals surface area contributed by atoms with Crippen molar-refractivity contribution in [2.75, 3.05) is 44.2 Å². The molecule has 0 saturated carbocycles. The standard InChI is InChI=1S/C41H45F3N6O4/c1-40(2,3)54-39(51)50-18-17-35(41(43,44)27-50)49-21-19-48(20-22-49)34-24-33-31(23-32(34)42)37(46-47(33)4)30-15-16-36(52-25-28-11-7-5-8-12-28)45-38(30)53-26-29-13-9-6-10-14-29/h5-16,23-24,35H,17-22,25-27H2,1-4H3/t35-/m0/s1. The monoisotopic (exact) mass is 742 g/mol. The van der Waals surface area contributed by atoms with E-state index in [0.717, 1.165) is 16.0 Å². The van der Waals surface area contributed by atoms with Gasteiger partial charge in [-0.3, -0.25) is 9.58 Å². The van der Waals surface area contributed by atoms with Gasteiger partial charge in [-0.25, -0.2) is 18.0 Å². The number of fused-ring (bicyclic) bond motifs is 1. The minimum Gasteiger partial charge on any atom is -0.473 e. The van der Waals surface area contributed by atoms with Gasteiger partial charge in [-0.2, -0.15) is 10.1 Å². The average Bonchev–Trinajstić information content (AvgIpc) is 3.46. The van der Waals surface area contributed by atoms with E-state index >= 15 is 13.2 Å². The van der Waals surface area contributed by atoms with E-state index < -0.39 is 36.0 Å². The fraction of sp³-hybridized carbons (Fsp3) is 0.390. The first-order valence-electron chi connectivity index (χ1n) is 18.2. The number of carbonyl (C=O) groups excluding carboxylic acids is 1. The molecule has 4 heterocycles. The number of rotatable bonds is 9. The molecule has 0 radical (unpaired) electrons. The maximum Gasteiger partial charge on any atom is 0.410 e. The van der Waals surface area contributed by atoms with Crippen LogP contribution in [-0.4, -0.2) is 87.5 Å². The molecule has 2 aliphatic rings. The van der Waals surface area contributed by atoms with Crippen LogP contribution in [0.1, 0.15) is 38.3 Å². The molecule has 1 atom stereocenters. The number of amides is 1. The summed E-state index contributed by atoms with van der Waals surface area (Å²) >= 11 is 0. The number of benzene rings is 3. The van der Waals surface area contributed by atoms with Crippen LogP contribution in [0.3, 0.4) is 0 Å². The van der Waals surface area contributed by atoms with Crippen molar-refractivity contribution in [3.05, 3.63) is 102 Å². The van der Waals surface area contributed by atoms with Crippen molar-refractivity contribution in [3.8, 4) is 23.0 Å². The number of aromatic nitrogens is 3. The quantitative estimate of drug-likeness (QED) is 0.152. The molecule has 0 spiro atoms. The largest absolute Gasteiger partial charge is 0.473 e. The highest BCUT2D eigenvalue weighted by Crippen LogP contribution is 2.38. The molecule has 3 aromatic carbocycles. The number of anilines is 1. The summed E-state index contributed by atoms with van der Waals surface area (Å²) in [5.41, 5.74) is 3.36. The first-order chi connectivity index (χ1) is 25.8. The van der Waals surface area contributed by atoms with Crippen molar-refractivity contribution in [1.82, 2.24) is 24.6 Å². The molecular formula is C41H45F3N6O4. The zero-order valence-corrected chi connectivity index (χ0v) is 31.0. The molecule has 13 heteroatoms. The summed E-state index contributed by atoms with van der Waals surface area (Å²) in [6.07, 6.45) is -0.608. The van der Waals surface area contributed by atoms with Crippen molar-refractivity contribution in [3.63, 3.8) is 0 Å². The van der Waals surface area contributed by atoms with E-state index in [-0.39, 0.29) is 19.6 Å². The number of halogens is 3. The molecule has 1 amide bonds. The normalized spacial score (nSPS) is 17.8. The lowest BCUT2D eigenvalue weighted by Gasteiger charge is -2.46. The molecule has 2 aliphatic heterocycles. The fourth-order valence-electron chi connectivity index (χ4n) is 7.09. The van der Waals surface area contributed by atoms with Crippen molar-refractivity contribution < 1.29 is 32.2 Å². The van der Waals surface area contributed by atoms with Crippen molar-refractivity contribution >= 4 is 22.7 Å². The van der Waals surface area contributed by atoms with Crippen LogP contribution < -0.4 is 14.4 Å². The Morgan fingerprint density at radius 1 is 0.870 bits per heavy atom. The van der Waals surface area contributed by atoms with Crippen LogP contribution in [0.4, 0.5) is 23.7 Å². The molecule has 0 unspecified atom stereocenters. The van der Waals surface area contributed by atoms with Crippen LogP contribution in [0.25, 0.3) is 22.2 Å². The summed E-state index contributed by atoms with van der Waals surface area (Å²) in [7, 11) is 1.80. The smallest absolute Gasteiger partial charge is 0.410 e. The maximum absolute atomic E-state index is 16.1. The average molecular weight is 743 g/mol. The van der Waals surface area contributed by atoms with Gasteiger partial charge < -0.3 is 24.0 Å². The van der Waals surface area contributed by atoms with E-state index in [0.29, 0.717) is 72.4 Å². The minimum atomic E-state index is -3.11. The predicted octanol–water partition coefficient (Wildman–Crippen LogP) is 7.70. The number of ether oxygens (including phenoxy) is 3. The van der Waals surface area contributed by atoms with Gasteiger partial charge in [0.25, 0.3) is 5.92 Å². The number of nitrogens with zero attached hydrogens (tertiary/aromatic N) is 6. The molecule has 10 nitrogen and oxygen atoms in total. The van der Waals surface area contributed by atoms with E-state index in [2.05, 4.69) is 0 Å². The third-order valence-electron chi connectivity index (χ3n) is 9.77. The Kier molecular flexibility index (Phi) is 10.4. The summed E-state index contributed by atoms with van der Waals surface area (Å²) in [5.74, 6) is -2.87. The van der Waals surface area contributed by atoms with E-state index in [1.165, 1.54) is 6.07 Å². The summed E-state index contributed by atoms with van der Waals surface area (Å²) in [5, 5.41) is 5.38. The molecule has 54 heavy (non-hydrogen) atoms. The lowest BCUT2D eigenvalue weighted by molar-refractivity contribution is -0.126. The van der Waals surface area contributed by atoms with Crippen LogP contribution >= 0.6 is 0 Å². The molecule has 5 aromatic rings. The number of hydrogen-bond acceptors (Lipinski definition) is 8. The molecule has 7 rings (SSSR count). The molecule has 2 fully saturated rings. The Hall–Kier alpha value is -5.30. The SMILES string of the molecule is Cn1nc(-c2ccc(OCc3ccccc3)nc2OCc2ccccc2)c2cc(F)c(N3CCN([C@H]4CCN(C(=O)OC(C)(C)C)CC4(F)F)CC3)cc21. The van der Waals surface area contributed by atoms with Crippen LogP contribution in [-0.2, 0) is 25.0 Å². The van der Waals surface area contributed by atoms with Gasteiger partial charge >= 0.3 is 6.09 Å². The Labute approximate surface area is 313 Å². The zero-order valence-electron chi connectivity index (χ0n) is 31.0. The third kappa shape index (κ3) is 8.25. The zero-order chi connectivity index (χ0) is 38.0. The summed E-state index contributed by atoms with van der Waals surface area (Å²) in [6, 6.07) is 25.3. The number of piperazine rings is 1. The van der Waals surface area contributed by atoms with Gasteiger partial charge in [-0.05, 0) is 56.5 Å². The van der Waals surface area contributed by atoms with Crippen molar-refractivity contribution in [2.45, 2.75) is 58.0 Å². The Morgan fingerprint density at radius 2 is 1.52 bits per heavy atom. The predicted molar refractivity (Wildman–Crippen MR) is 200 cm³/mol. The Bertz CT molecular complexity index is 2080. The van der Waals surface area contributed by atoms with Crippen LogP contribution in [0.2, 0.25) is 0 Å². The van der Waals surface area contributed by atoms with Gasteiger partial charge in [-0.15, -0.1) is 0 Å². The summed E-state index contributed by atoms with van der Waals surface area (Å²) < 4.78 is 66.3. The molecular weight excluding hydrogens is 697 g/mol. The molecule has 0 aliphatic carbocycles. The number of pyridine rings is 1. The lowest BCUT2D eigenvalue weighted by Crippen LogP contribution is -2.62. The van der Waals surface area contributed by atoms with Crippen LogP contribution in [0.15, 0.2) is 84.9 Å². The third-order valence-corrected chi connectivity index (χ3v) is 9.77. The fourth-order valence-corrected chi connectivity index (χ4v) is 7.09. The second-order valence-corrected chi connectivity index (χ2v) is 14.8. The highest BCUT2D eigenvalue weighted by molar-refractivity contribution is 5.96. The van der Waals surface area contributed by atoms with Gasteiger partial charge in [-0.1, -0.05) is 60.7 Å². The first-order valence-corrected chi connectivity index (χ1v) is 18.2. The van der Waals surface area contributed by atoms with Gasteiger partial charge in [0.15, 0.2) is 0 Å². The Morgan fingerprint density at radius 3 is 2.15 bits per heavy atom. The molecule has 2 saturated heterocycles. The van der Waals surface area contributed by atoms with Crippen LogP contribution in [0.5, 0.6) is 11.8 Å². The van der Waals surface area contributed by atoms with Gasteiger partial charge in [0.05, 0.1) is 29.4 Å². The Balaban J connectivity index is 1.08. The number of alkyl halides is 2. The highest BCUT2D eigenvalue weighted by Gasteiger charge is 2.49. The lowest BCUT2D eigenvalue weighted by atomic mass is 9.98. The van der Waals surface area contributed by atoms with Gasteiger partial charge in [0.2, 0.25) is 11.8 Å². The van der Waals surface area contributed by atoms with E-state index in [4.69, 9.17) is 24.3 Å². The molecule has 0 N–H and O–H groups in total. The first kappa shape index (κ1) is 37.0. The highest BCUT2D eigenvalue weighted by atomic mass is 19.3. The van der Waals surface area contributed by atoms with E-state index in [1.807, 2.05) is 71.6 Å². The van der Waals surface area contributed by atoms with Crippen LogP contribution in [0, 0.1) is 5.82 Å². The van der Waals surface area contributed by atoms with Gasteiger partial charge in [0, 0.05) is 51.2 Å². The van der Waals surface area contributed by atoms with E-state index in [9.17, 15) is 4.79 Å². The van der Waals surface area contributed by atoms with Crippen molar-refractivity contribution in [2.24, 2.45) is 7.05 Å². The molecule has 284 valence electrons. The van der Waals surface area contributed by atoms with Crippen molar-refractivity contribution in [1.29, 1.82) is 0 Å². The maximum atomic E-state index is 16.1. The van der Waals surface area contributed by atoms with Gasteiger partial charge in [0.1, 0.15) is 30.3 Å². The second kappa shape index (κ2) is 15.2. The number of carbonyl (C=O) groups is 1. The topological polar surface area (TPSA) is 85.2 Å². The number of piperidine rings is 1. The van der Waals surface area contributed by atoms with E-state index in [1.54, 1.807) is 49.5 Å².